The van der Waals surface area contributed by atoms with Crippen molar-refractivity contribution in [3.05, 3.63) is 54.8 Å². The minimum Gasteiger partial charge on any atom is -0.486 e. The van der Waals surface area contributed by atoms with Gasteiger partial charge in [-0.15, -0.1) is 12.6 Å². The fourth-order valence-electron chi connectivity index (χ4n) is 3.83. The van der Waals surface area contributed by atoms with Crippen molar-refractivity contribution < 1.29 is 19.1 Å². The molecule has 0 saturated heterocycles. The Morgan fingerprint density at radius 2 is 1.63 bits per heavy atom. The highest BCUT2D eigenvalue weighted by Crippen LogP contribution is 2.68. The van der Waals surface area contributed by atoms with Gasteiger partial charge in [-0.05, 0) is 25.3 Å². The van der Waals surface area contributed by atoms with Gasteiger partial charge in [0.25, 0.3) is 0 Å². The topological polar surface area (TPSA) is 76.4 Å². The summed E-state index contributed by atoms with van der Waals surface area (Å²) in [5, 5.41) is 9.58. The predicted molar refractivity (Wildman–Crippen MR) is 160 cm³/mol. The SMILES string of the molecule is CCCCC(CC)C(=O)Oc1c2c(c(OCc3ccccc3)c3c1S/C(=C(\C)C#N)S3)S/C(=C(/S)C=O)S2. The zero-order chi connectivity index (χ0) is 27.2. The first-order valence-corrected chi connectivity index (χ1v) is 16.0. The third-order valence-corrected chi connectivity index (χ3v) is 12.0. The lowest BCUT2D eigenvalue weighted by Crippen LogP contribution is -2.20. The van der Waals surface area contributed by atoms with Crippen molar-refractivity contribution in [2.45, 2.75) is 72.6 Å². The summed E-state index contributed by atoms with van der Waals surface area (Å²) in [6.45, 7) is 6.24. The van der Waals surface area contributed by atoms with Crippen LogP contribution < -0.4 is 9.47 Å². The van der Waals surface area contributed by atoms with Gasteiger partial charge in [0, 0.05) is 5.57 Å². The number of rotatable bonds is 10. The number of benzene rings is 2. The van der Waals surface area contributed by atoms with Gasteiger partial charge in [-0.3, -0.25) is 9.59 Å². The number of thioether (sulfide) groups is 4. The second kappa shape index (κ2) is 13.4. The summed E-state index contributed by atoms with van der Waals surface area (Å²) in [6, 6.07) is 12.1. The van der Waals surface area contributed by atoms with Crippen molar-refractivity contribution in [3.63, 3.8) is 0 Å². The fraction of sp³-hybridized carbons (Fsp3) is 0.321. The van der Waals surface area contributed by atoms with Crippen LogP contribution in [0.3, 0.4) is 0 Å². The number of hydrogen-bond acceptors (Lipinski definition) is 10. The molecule has 2 aromatic carbocycles. The molecule has 0 spiro atoms. The van der Waals surface area contributed by atoms with E-state index in [0.717, 1.165) is 48.6 Å². The van der Waals surface area contributed by atoms with Gasteiger partial charge in [0.1, 0.15) is 12.4 Å². The van der Waals surface area contributed by atoms with Gasteiger partial charge >= 0.3 is 5.97 Å². The monoisotopic (exact) mass is 601 g/mol. The number of unbranched alkanes of at least 4 members (excludes halogenated alkanes) is 1. The molecular weight excluding hydrogens is 575 g/mol. The number of aldehydes is 1. The Balaban J connectivity index is 1.84. The molecule has 1 atom stereocenters. The van der Waals surface area contributed by atoms with Crippen LogP contribution in [0.5, 0.6) is 11.5 Å². The standard InChI is InChI=1S/C28H27NO4S5/c1-4-6-12-18(5-2)26(31)33-21-24-22(35-27(36-24)16(3)13-29)20(32-15-17-10-8-7-9-11-17)23-25(21)38-28(37-23)19(34)14-30/h7-11,14,18,34H,4-6,12,15H2,1-3H3/b27-16+,28-19-. The van der Waals surface area contributed by atoms with Crippen LogP contribution in [-0.4, -0.2) is 12.3 Å². The van der Waals surface area contributed by atoms with Crippen LogP contribution in [0.4, 0.5) is 0 Å². The van der Waals surface area contributed by atoms with Crippen molar-refractivity contribution in [3.8, 4) is 17.6 Å². The van der Waals surface area contributed by atoms with Gasteiger partial charge in [0.15, 0.2) is 12.0 Å². The quantitative estimate of drug-likeness (QED) is 0.0717. The molecule has 0 N–H and O–H groups in total. The lowest BCUT2D eigenvalue weighted by molar-refractivity contribution is -0.139. The van der Waals surface area contributed by atoms with E-state index in [1.165, 1.54) is 47.0 Å². The second-order valence-corrected chi connectivity index (χ2v) is 13.7. The van der Waals surface area contributed by atoms with Crippen LogP contribution >= 0.6 is 59.7 Å². The number of esters is 1. The third-order valence-electron chi connectivity index (χ3n) is 5.97. The molecule has 0 radical (unpaired) electrons. The maximum atomic E-state index is 13.4. The minimum absolute atomic E-state index is 0.199. The molecule has 1 unspecified atom stereocenters. The molecule has 2 aliphatic rings. The summed E-state index contributed by atoms with van der Waals surface area (Å²) in [4.78, 5) is 28.3. The highest BCUT2D eigenvalue weighted by atomic mass is 32.2. The van der Waals surface area contributed by atoms with Gasteiger partial charge in [0.05, 0.1) is 44.9 Å². The molecule has 0 fully saturated rings. The molecule has 4 rings (SSSR count). The van der Waals surface area contributed by atoms with Crippen molar-refractivity contribution in [1.82, 2.24) is 0 Å². The molecular formula is C28H27NO4S5. The van der Waals surface area contributed by atoms with E-state index in [9.17, 15) is 14.9 Å². The van der Waals surface area contributed by atoms with Crippen molar-refractivity contribution in [1.29, 1.82) is 5.26 Å². The van der Waals surface area contributed by atoms with Crippen LogP contribution in [0.25, 0.3) is 0 Å². The summed E-state index contributed by atoms with van der Waals surface area (Å²) >= 11 is 10.0. The zero-order valence-corrected chi connectivity index (χ0v) is 25.4. The predicted octanol–water partition coefficient (Wildman–Crippen LogP) is 8.84. The molecule has 0 aromatic heterocycles. The summed E-state index contributed by atoms with van der Waals surface area (Å²) < 4.78 is 14.2. The zero-order valence-electron chi connectivity index (χ0n) is 21.2. The van der Waals surface area contributed by atoms with Gasteiger partial charge in [-0.2, -0.15) is 5.26 Å². The van der Waals surface area contributed by atoms with Gasteiger partial charge in [0.2, 0.25) is 0 Å². The van der Waals surface area contributed by atoms with Crippen molar-refractivity contribution in [2.75, 3.05) is 0 Å². The maximum absolute atomic E-state index is 13.4. The molecule has 5 nitrogen and oxygen atoms in total. The molecule has 198 valence electrons. The molecule has 0 aliphatic carbocycles. The van der Waals surface area contributed by atoms with E-state index in [1.54, 1.807) is 6.92 Å². The number of carbonyl (C=O) groups is 2. The minimum atomic E-state index is -0.257. The third kappa shape index (κ3) is 6.28. The fourth-order valence-corrected chi connectivity index (χ4v) is 9.23. The lowest BCUT2D eigenvalue weighted by Gasteiger charge is -2.19. The van der Waals surface area contributed by atoms with Crippen LogP contribution in [0, 0.1) is 17.2 Å². The maximum Gasteiger partial charge on any atom is 0.314 e. The van der Waals surface area contributed by atoms with Gasteiger partial charge in [-0.25, -0.2) is 0 Å². The Morgan fingerprint density at radius 1 is 1.03 bits per heavy atom. The average molecular weight is 602 g/mol. The number of nitrogens with zero attached hydrogens (tertiary/aromatic N) is 1. The van der Waals surface area contributed by atoms with E-state index in [-0.39, 0.29) is 11.9 Å². The molecule has 2 aliphatic heterocycles. The normalized spacial score (nSPS) is 17.2. The number of fused-ring (bicyclic) bond motifs is 2. The number of hydrogen-bond donors (Lipinski definition) is 1. The van der Waals surface area contributed by atoms with E-state index >= 15 is 0 Å². The van der Waals surface area contributed by atoms with Gasteiger partial charge in [-0.1, -0.05) is 104 Å². The van der Waals surface area contributed by atoms with E-state index in [2.05, 4.69) is 25.6 Å². The summed E-state index contributed by atoms with van der Waals surface area (Å²) in [5.41, 5.74) is 1.61. The average Bonchev–Trinajstić information content (AvgIpc) is 3.58. The number of ether oxygens (including phenoxy) is 2. The van der Waals surface area contributed by atoms with Crippen LogP contribution in [0.2, 0.25) is 0 Å². The Morgan fingerprint density at radius 3 is 2.18 bits per heavy atom. The van der Waals surface area contributed by atoms with Crippen molar-refractivity contribution in [2.24, 2.45) is 5.92 Å². The Bertz CT molecular complexity index is 1350. The number of carbonyl (C=O) groups excluding carboxylic acids is 2. The molecule has 0 saturated carbocycles. The molecule has 0 amide bonds. The lowest BCUT2D eigenvalue weighted by atomic mass is 10.00. The molecule has 0 bridgehead atoms. The number of allylic oxidation sites excluding steroid dienone is 2. The summed E-state index contributed by atoms with van der Waals surface area (Å²) in [7, 11) is 0. The summed E-state index contributed by atoms with van der Waals surface area (Å²) in [6.07, 6.45) is 4.14. The van der Waals surface area contributed by atoms with Crippen molar-refractivity contribution >= 4 is 71.9 Å². The second-order valence-electron chi connectivity index (χ2n) is 8.64. The molecule has 38 heavy (non-hydrogen) atoms. The Kier molecular flexibility index (Phi) is 10.3. The highest BCUT2D eigenvalue weighted by molar-refractivity contribution is 8.26. The Labute approximate surface area is 246 Å². The Hall–Kier alpha value is -1.90. The summed E-state index contributed by atoms with van der Waals surface area (Å²) in [5.74, 6) is 0.678. The van der Waals surface area contributed by atoms with Crippen LogP contribution in [-0.2, 0) is 16.2 Å². The van der Waals surface area contributed by atoms with E-state index in [4.69, 9.17) is 9.47 Å². The number of nitriles is 1. The number of thiol groups is 1. The first-order chi connectivity index (χ1) is 18.4. The first-order valence-electron chi connectivity index (χ1n) is 12.2. The molecule has 10 heteroatoms. The first kappa shape index (κ1) is 29.1. The smallest absolute Gasteiger partial charge is 0.314 e. The highest BCUT2D eigenvalue weighted by Gasteiger charge is 2.39. The van der Waals surface area contributed by atoms with Crippen LogP contribution in [0.1, 0.15) is 52.0 Å². The van der Waals surface area contributed by atoms with E-state index in [0.29, 0.717) is 45.5 Å². The van der Waals surface area contributed by atoms with E-state index < -0.39 is 0 Å². The van der Waals surface area contributed by atoms with E-state index in [1.807, 2.05) is 37.3 Å². The molecule has 2 aromatic rings. The van der Waals surface area contributed by atoms with Crippen LogP contribution in [0.15, 0.2) is 68.9 Å². The van der Waals surface area contributed by atoms with Gasteiger partial charge < -0.3 is 9.47 Å². The largest absolute Gasteiger partial charge is 0.486 e. The molecule has 2 heterocycles.